The van der Waals surface area contributed by atoms with Gasteiger partial charge >= 0.3 is 6.18 Å². The molecule has 1 amide bonds. The van der Waals surface area contributed by atoms with Gasteiger partial charge in [-0.25, -0.2) is 0 Å². The average molecular weight is 327 g/mol. The first-order chi connectivity index (χ1) is 10.9. The summed E-state index contributed by atoms with van der Waals surface area (Å²) in [7, 11) is 0. The number of anilines is 1. The molecule has 0 N–H and O–H groups in total. The lowest BCUT2D eigenvalue weighted by atomic mass is 9.73. The molecule has 1 aliphatic heterocycles. The highest BCUT2D eigenvalue weighted by Gasteiger charge is 2.47. The van der Waals surface area contributed by atoms with Crippen molar-refractivity contribution in [1.29, 1.82) is 0 Å². The monoisotopic (exact) mass is 327 g/mol. The molecule has 0 atom stereocenters. The van der Waals surface area contributed by atoms with Gasteiger partial charge in [0.15, 0.2) is 6.61 Å². The van der Waals surface area contributed by atoms with Gasteiger partial charge in [-0.2, -0.15) is 13.2 Å². The highest BCUT2D eigenvalue weighted by atomic mass is 19.4. The number of ether oxygens (including phenoxy) is 1. The van der Waals surface area contributed by atoms with Gasteiger partial charge in [0.2, 0.25) is 5.91 Å². The molecule has 1 spiro atoms. The lowest BCUT2D eigenvalue weighted by molar-refractivity contribution is -0.153. The van der Waals surface area contributed by atoms with Crippen LogP contribution in [0.2, 0.25) is 0 Å². The summed E-state index contributed by atoms with van der Waals surface area (Å²) >= 11 is 0. The number of nitrogens with zero attached hydrogens (tertiary/aromatic N) is 1. The van der Waals surface area contributed by atoms with Gasteiger partial charge in [-0.3, -0.25) is 4.79 Å². The van der Waals surface area contributed by atoms with Gasteiger partial charge in [-0.05, 0) is 43.5 Å². The maximum absolute atomic E-state index is 12.8. The third-order valence-electron chi connectivity index (χ3n) is 4.87. The number of halogens is 3. The number of carbonyl (C=O) groups excluding carboxylic acids is 1. The van der Waals surface area contributed by atoms with Crippen molar-refractivity contribution < 1.29 is 22.7 Å². The molecule has 0 bridgehead atoms. The van der Waals surface area contributed by atoms with Crippen LogP contribution in [0.25, 0.3) is 0 Å². The summed E-state index contributed by atoms with van der Waals surface area (Å²) in [6.45, 7) is -0.625. The largest absolute Gasteiger partial charge is 0.484 e. The standard InChI is InChI=1S/C17H20F3NO2/c18-17(19,20)12-23-14-6-4-13(5-7-14)21-11-10-16(15(21)22)8-2-1-3-9-16/h4-7H,1-3,8-12H2. The van der Waals surface area contributed by atoms with E-state index in [1.165, 1.54) is 18.6 Å². The first kappa shape index (κ1) is 16.1. The van der Waals surface area contributed by atoms with E-state index in [1.54, 1.807) is 17.0 Å². The van der Waals surface area contributed by atoms with Crippen LogP contribution < -0.4 is 9.64 Å². The zero-order valence-electron chi connectivity index (χ0n) is 12.9. The van der Waals surface area contributed by atoms with E-state index >= 15 is 0 Å². The van der Waals surface area contributed by atoms with Gasteiger partial charge in [0.25, 0.3) is 0 Å². The van der Waals surface area contributed by atoms with Crippen LogP contribution in [0, 0.1) is 5.41 Å². The summed E-state index contributed by atoms with van der Waals surface area (Å²) in [6.07, 6.45) is 1.83. The second kappa shape index (κ2) is 6.06. The third-order valence-corrected chi connectivity index (χ3v) is 4.87. The number of rotatable bonds is 3. The van der Waals surface area contributed by atoms with E-state index in [9.17, 15) is 18.0 Å². The van der Waals surface area contributed by atoms with Gasteiger partial charge in [-0.15, -0.1) is 0 Å². The SMILES string of the molecule is O=C1N(c2ccc(OCC(F)(F)F)cc2)CCC12CCCCC2. The molecule has 2 fully saturated rings. The normalized spacial score (nSPS) is 21.0. The highest BCUT2D eigenvalue weighted by molar-refractivity contribution is 5.99. The molecular weight excluding hydrogens is 307 g/mol. The first-order valence-electron chi connectivity index (χ1n) is 8.01. The van der Waals surface area contributed by atoms with E-state index in [0.717, 1.165) is 37.8 Å². The van der Waals surface area contributed by atoms with Crippen LogP contribution >= 0.6 is 0 Å². The molecule has 0 radical (unpaired) electrons. The van der Waals surface area contributed by atoms with Crippen molar-refractivity contribution in [1.82, 2.24) is 0 Å². The lowest BCUT2D eigenvalue weighted by Crippen LogP contribution is -2.36. The van der Waals surface area contributed by atoms with E-state index in [-0.39, 0.29) is 17.1 Å². The maximum Gasteiger partial charge on any atom is 0.422 e. The molecule has 1 aromatic rings. The fourth-order valence-corrected chi connectivity index (χ4v) is 3.65. The molecule has 1 aromatic carbocycles. The Hall–Kier alpha value is -1.72. The molecular formula is C17H20F3NO2. The number of carbonyl (C=O) groups is 1. The minimum atomic E-state index is -4.35. The minimum Gasteiger partial charge on any atom is -0.484 e. The molecule has 23 heavy (non-hydrogen) atoms. The minimum absolute atomic E-state index is 0.158. The fraction of sp³-hybridized carbons (Fsp3) is 0.588. The summed E-state index contributed by atoms with van der Waals surface area (Å²) in [5.74, 6) is 0.325. The summed E-state index contributed by atoms with van der Waals surface area (Å²) in [4.78, 5) is 14.5. The quantitative estimate of drug-likeness (QED) is 0.828. The number of alkyl halides is 3. The van der Waals surface area contributed by atoms with E-state index < -0.39 is 12.8 Å². The zero-order valence-corrected chi connectivity index (χ0v) is 12.9. The number of hydrogen-bond acceptors (Lipinski definition) is 2. The van der Waals surface area contributed by atoms with E-state index in [2.05, 4.69) is 0 Å². The second-order valence-corrected chi connectivity index (χ2v) is 6.45. The van der Waals surface area contributed by atoms with Gasteiger partial charge in [0.1, 0.15) is 5.75 Å². The summed E-state index contributed by atoms with van der Waals surface area (Å²) in [6, 6.07) is 6.29. The maximum atomic E-state index is 12.8. The number of amides is 1. The van der Waals surface area contributed by atoms with Crippen LogP contribution in [0.5, 0.6) is 5.75 Å². The lowest BCUT2D eigenvalue weighted by Gasteiger charge is -2.31. The molecule has 1 heterocycles. The predicted molar refractivity (Wildman–Crippen MR) is 80.5 cm³/mol. The Labute approximate surface area is 133 Å². The Kier molecular flexibility index (Phi) is 4.25. The molecule has 0 unspecified atom stereocenters. The first-order valence-corrected chi connectivity index (χ1v) is 8.01. The Morgan fingerprint density at radius 2 is 1.70 bits per heavy atom. The Balaban J connectivity index is 1.67. The van der Waals surface area contributed by atoms with Crippen molar-refractivity contribution in [2.75, 3.05) is 18.1 Å². The molecule has 1 saturated heterocycles. The van der Waals surface area contributed by atoms with E-state index in [1.807, 2.05) is 0 Å². The van der Waals surface area contributed by atoms with Crippen LogP contribution in [0.3, 0.4) is 0 Å². The van der Waals surface area contributed by atoms with Gasteiger partial charge in [0.05, 0.1) is 5.41 Å². The summed E-state index contributed by atoms with van der Waals surface area (Å²) in [5, 5.41) is 0. The van der Waals surface area contributed by atoms with Crippen LogP contribution in [0.1, 0.15) is 38.5 Å². The van der Waals surface area contributed by atoms with Crippen molar-refractivity contribution in [3.05, 3.63) is 24.3 Å². The smallest absolute Gasteiger partial charge is 0.422 e. The zero-order chi connectivity index (χ0) is 16.5. The number of benzene rings is 1. The average Bonchev–Trinajstić information content (AvgIpc) is 2.83. The van der Waals surface area contributed by atoms with Crippen molar-refractivity contribution >= 4 is 11.6 Å². The molecule has 0 aromatic heterocycles. The summed E-state index contributed by atoms with van der Waals surface area (Å²) in [5.41, 5.74) is 0.528. The van der Waals surface area contributed by atoms with Gasteiger partial charge < -0.3 is 9.64 Å². The van der Waals surface area contributed by atoms with Gasteiger partial charge in [-0.1, -0.05) is 19.3 Å². The molecule has 2 aliphatic rings. The van der Waals surface area contributed by atoms with E-state index in [0.29, 0.717) is 6.54 Å². The topological polar surface area (TPSA) is 29.5 Å². The third kappa shape index (κ3) is 3.46. The highest BCUT2D eigenvalue weighted by Crippen LogP contribution is 2.46. The van der Waals surface area contributed by atoms with Crippen LogP contribution in [-0.4, -0.2) is 25.2 Å². The van der Waals surface area contributed by atoms with E-state index in [4.69, 9.17) is 4.74 Å². The fourth-order valence-electron chi connectivity index (χ4n) is 3.65. The van der Waals surface area contributed by atoms with Crippen LogP contribution in [-0.2, 0) is 4.79 Å². The van der Waals surface area contributed by atoms with Crippen molar-refractivity contribution in [2.24, 2.45) is 5.41 Å². The Bertz CT molecular complexity index is 562. The number of hydrogen-bond donors (Lipinski definition) is 0. The van der Waals surface area contributed by atoms with Crippen LogP contribution in [0.15, 0.2) is 24.3 Å². The second-order valence-electron chi connectivity index (χ2n) is 6.45. The molecule has 126 valence electrons. The Morgan fingerprint density at radius 3 is 2.30 bits per heavy atom. The van der Waals surface area contributed by atoms with Crippen molar-refractivity contribution in [2.45, 2.75) is 44.7 Å². The van der Waals surface area contributed by atoms with Crippen molar-refractivity contribution in [3.63, 3.8) is 0 Å². The molecule has 3 rings (SSSR count). The molecule has 1 saturated carbocycles. The Morgan fingerprint density at radius 1 is 1.04 bits per heavy atom. The molecule has 1 aliphatic carbocycles. The summed E-state index contributed by atoms with van der Waals surface area (Å²) < 4.78 is 41.1. The molecule has 3 nitrogen and oxygen atoms in total. The molecule has 6 heteroatoms. The van der Waals surface area contributed by atoms with Crippen LogP contribution in [0.4, 0.5) is 18.9 Å². The van der Waals surface area contributed by atoms with Gasteiger partial charge in [0, 0.05) is 12.2 Å². The predicted octanol–water partition coefficient (Wildman–Crippen LogP) is 4.31. The van der Waals surface area contributed by atoms with Crippen molar-refractivity contribution in [3.8, 4) is 5.75 Å².